The van der Waals surface area contributed by atoms with Crippen LogP contribution >= 0.6 is 34.8 Å². The van der Waals surface area contributed by atoms with E-state index in [2.05, 4.69) is 20.1 Å². The van der Waals surface area contributed by atoms with E-state index in [9.17, 15) is 0 Å². The third-order valence-electron chi connectivity index (χ3n) is 2.71. The van der Waals surface area contributed by atoms with Crippen molar-refractivity contribution in [1.82, 2.24) is 15.0 Å². The molecule has 0 atom stereocenters. The Hall–Kier alpha value is -1.43. The Kier molecular flexibility index (Phi) is 4.66. The van der Waals surface area contributed by atoms with E-state index in [-0.39, 0.29) is 5.82 Å². The molecule has 21 heavy (non-hydrogen) atoms. The number of rotatable bonds is 2. The average molecular weight is 346 g/mol. The van der Waals surface area contributed by atoms with Crippen molar-refractivity contribution in [2.24, 2.45) is 5.16 Å². The SMILES string of the molecule is C/C(=N\O)c1ccc(-c2nc(C)nc(C(Cl)(Cl)Cl)n2)cc1. The number of hydrogen-bond acceptors (Lipinski definition) is 5. The highest BCUT2D eigenvalue weighted by Crippen LogP contribution is 2.36. The van der Waals surface area contributed by atoms with Crippen LogP contribution in [0.15, 0.2) is 29.4 Å². The van der Waals surface area contributed by atoms with E-state index in [4.69, 9.17) is 40.0 Å². The monoisotopic (exact) mass is 344 g/mol. The summed E-state index contributed by atoms with van der Waals surface area (Å²) < 4.78 is -1.71. The van der Waals surface area contributed by atoms with Crippen molar-refractivity contribution in [2.75, 3.05) is 0 Å². The van der Waals surface area contributed by atoms with Crippen molar-refractivity contribution < 1.29 is 5.21 Å². The predicted molar refractivity (Wildman–Crippen MR) is 83.2 cm³/mol. The molecule has 1 aromatic heterocycles. The van der Waals surface area contributed by atoms with Gasteiger partial charge in [-0.15, -0.1) is 0 Å². The molecular formula is C13H11Cl3N4O. The second-order valence-electron chi connectivity index (χ2n) is 4.29. The molecule has 0 radical (unpaired) electrons. The van der Waals surface area contributed by atoms with Crippen LogP contribution in [0.4, 0.5) is 0 Å². The van der Waals surface area contributed by atoms with Crippen LogP contribution in [0.3, 0.4) is 0 Å². The van der Waals surface area contributed by atoms with Crippen molar-refractivity contribution >= 4 is 40.5 Å². The molecule has 1 aromatic carbocycles. The summed E-state index contributed by atoms with van der Waals surface area (Å²) in [6.07, 6.45) is 0. The Labute approximate surface area is 136 Å². The molecule has 0 unspecified atom stereocenters. The molecule has 2 aromatic rings. The van der Waals surface area contributed by atoms with Gasteiger partial charge in [0.1, 0.15) is 5.82 Å². The average Bonchev–Trinajstić information content (AvgIpc) is 2.45. The number of hydrogen-bond donors (Lipinski definition) is 1. The standard InChI is InChI=1S/C13H11Cl3N4O/c1-7(20-21)9-3-5-10(6-4-9)11-17-8(2)18-12(19-11)13(14,15)16/h3-6,21H,1-2H3/b20-7+. The Bertz CT molecular complexity index is 681. The number of alkyl halides is 3. The molecule has 0 aliphatic carbocycles. The Morgan fingerprint density at radius 3 is 2.24 bits per heavy atom. The van der Waals surface area contributed by atoms with Crippen LogP contribution in [0.25, 0.3) is 11.4 Å². The highest BCUT2D eigenvalue weighted by molar-refractivity contribution is 6.66. The quantitative estimate of drug-likeness (QED) is 0.388. The smallest absolute Gasteiger partial charge is 0.250 e. The van der Waals surface area contributed by atoms with E-state index < -0.39 is 3.79 Å². The van der Waals surface area contributed by atoms with Crippen molar-refractivity contribution in [3.8, 4) is 11.4 Å². The summed E-state index contributed by atoms with van der Waals surface area (Å²) in [5.41, 5.74) is 2.04. The van der Waals surface area contributed by atoms with E-state index in [1.807, 2.05) is 0 Å². The summed E-state index contributed by atoms with van der Waals surface area (Å²) in [7, 11) is 0. The van der Waals surface area contributed by atoms with Crippen LogP contribution in [-0.4, -0.2) is 25.9 Å². The van der Waals surface area contributed by atoms with Gasteiger partial charge in [-0.2, -0.15) is 0 Å². The van der Waals surface area contributed by atoms with Gasteiger partial charge in [0.25, 0.3) is 0 Å². The second-order valence-corrected chi connectivity index (χ2v) is 6.57. The fourth-order valence-corrected chi connectivity index (χ4v) is 1.91. The van der Waals surface area contributed by atoms with Crippen LogP contribution in [0.2, 0.25) is 0 Å². The first-order chi connectivity index (χ1) is 9.81. The van der Waals surface area contributed by atoms with Gasteiger partial charge in [-0.3, -0.25) is 0 Å². The number of aryl methyl sites for hydroxylation is 1. The maximum Gasteiger partial charge on any atom is 0.250 e. The third kappa shape index (κ3) is 3.81. The van der Waals surface area contributed by atoms with Gasteiger partial charge in [-0.05, 0) is 19.4 Å². The summed E-state index contributed by atoms with van der Waals surface area (Å²) in [6, 6.07) is 7.17. The first kappa shape index (κ1) is 15.9. The first-order valence-corrected chi connectivity index (χ1v) is 7.04. The lowest BCUT2D eigenvalue weighted by Gasteiger charge is -2.11. The van der Waals surface area contributed by atoms with Crippen LogP contribution in [0, 0.1) is 6.92 Å². The number of aromatic nitrogens is 3. The molecule has 0 aliphatic rings. The molecule has 110 valence electrons. The summed E-state index contributed by atoms with van der Waals surface area (Å²) >= 11 is 17.4. The zero-order valence-electron chi connectivity index (χ0n) is 11.2. The van der Waals surface area contributed by atoms with Crippen molar-refractivity contribution in [1.29, 1.82) is 0 Å². The van der Waals surface area contributed by atoms with Gasteiger partial charge < -0.3 is 5.21 Å². The molecule has 0 spiro atoms. The van der Waals surface area contributed by atoms with E-state index in [0.29, 0.717) is 17.4 Å². The maximum absolute atomic E-state index is 8.75. The van der Waals surface area contributed by atoms with Gasteiger partial charge in [0.05, 0.1) is 5.71 Å². The van der Waals surface area contributed by atoms with E-state index in [1.54, 1.807) is 38.1 Å². The molecule has 8 heteroatoms. The highest BCUT2D eigenvalue weighted by atomic mass is 35.6. The van der Waals surface area contributed by atoms with E-state index in [0.717, 1.165) is 11.1 Å². The molecule has 0 saturated carbocycles. The third-order valence-corrected chi connectivity index (χ3v) is 3.22. The maximum atomic E-state index is 8.75. The normalized spacial score (nSPS) is 12.5. The summed E-state index contributed by atoms with van der Waals surface area (Å²) in [4.78, 5) is 12.4. The number of nitrogens with zero attached hydrogens (tertiary/aromatic N) is 4. The van der Waals surface area contributed by atoms with Gasteiger partial charge >= 0.3 is 0 Å². The van der Waals surface area contributed by atoms with Gasteiger partial charge in [-0.1, -0.05) is 64.2 Å². The van der Waals surface area contributed by atoms with E-state index >= 15 is 0 Å². The molecule has 1 heterocycles. The molecule has 1 N–H and O–H groups in total. The number of benzene rings is 1. The van der Waals surface area contributed by atoms with Crippen molar-refractivity contribution in [3.05, 3.63) is 41.5 Å². The molecule has 5 nitrogen and oxygen atoms in total. The van der Waals surface area contributed by atoms with Crippen molar-refractivity contribution in [2.45, 2.75) is 17.6 Å². The summed E-state index contributed by atoms with van der Waals surface area (Å²) in [6.45, 7) is 3.39. The topological polar surface area (TPSA) is 71.3 Å². The first-order valence-electron chi connectivity index (χ1n) is 5.90. The van der Waals surface area contributed by atoms with Crippen LogP contribution in [-0.2, 0) is 3.79 Å². The molecule has 0 saturated heterocycles. The second kappa shape index (κ2) is 6.13. The lowest BCUT2D eigenvalue weighted by atomic mass is 10.1. The van der Waals surface area contributed by atoms with Gasteiger partial charge in [-0.25, -0.2) is 15.0 Å². The Morgan fingerprint density at radius 1 is 1.10 bits per heavy atom. The molecule has 0 fully saturated rings. The Morgan fingerprint density at radius 2 is 1.71 bits per heavy atom. The fraction of sp³-hybridized carbons (Fsp3) is 0.231. The molecule has 2 rings (SSSR count). The largest absolute Gasteiger partial charge is 0.411 e. The van der Waals surface area contributed by atoms with Gasteiger partial charge in [0.15, 0.2) is 11.6 Å². The molecular weight excluding hydrogens is 335 g/mol. The molecule has 0 bridgehead atoms. The Balaban J connectivity index is 2.45. The highest BCUT2D eigenvalue weighted by Gasteiger charge is 2.27. The van der Waals surface area contributed by atoms with Crippen LogP contribution < -0.4 is 0 Å². The van der Waals surface area contributed by atoms with Gasteiger partial charge in [0, 0.05) is 5.56 Å². The lowest BCUT2D eigenvalue weighted by molar-refractivity contribution is 0.319. The lowest BCUT2D eigenvalue weighted by Crippen LogP contribution is -2.11. The number of oxime groups is 1. The zero-order chi connectivity index (χ0) is 15.6. The molecule has 0 aliphatic heterocycles. The van der Waals surface area contributed by atoms with Crippen LogP contribution in [0.5, 0.6) is 0 Å². The van der Waals surface area contributed by atoms with Crippen LogP contribution in [0.1, 0.15) is 24.1 Å². The van der Waals surface area contributed by atoms with Crippen molar-refractivity contribution in [3.63, 3.8) is 0 Å². The minimum absolute atomic E-state index is 0.0761. The number of halogens is 3. The van der Waals surface area contributed by atoms with E-state index in [1.165, 1.54) is 0 Å². The zero-order valence-corrected chi connectivity index (χ0v) is 13.4. The minimum atomic E-state index is -1.71. The minimum Gasteiger partial charge on any atom is -0.411 e. The van der Waals surface area contributed by atoms with Gasteiger partial charge in [0.2, 0.25) is 3.79 Å². The fourth-order valence-electron chi connectivity index (χ4n) is 1.66. The molecule has 0 amide bonds. The predicted octanol–water partition coefficient (Wildman–Crippen LogP) is 3.87. The summed E-state index contributed by atoms with van der Waals surface area (Å²) in [5, 5.41) is 11.9. The summed E-state index contributed by atoms with van der Waals surface area (Å²) in [5.74, 6) is 0.944.